The van der Waals surface area contributed by atoms with Gasteiger partial charge in [-0.25, -0.2) is 0 Å². The number of aryl methyl sites for hydroxylation is 1. The SMILES string of the molecule is COc1cc(C2c3c(oc4ccc(Br)cc4c3=O)C(=O)N2c2cccc(C)c2)cc(Br)c1O. The average Bonchev–Trinajstić information content (AvgIpc) is 3.08. The predicted octanol–water partition coefficient (Wildman–Crippen LogP) is 6.09. The Hall–Kier alpha value is -3.10. The highest BCUT2D eigenvalue weighted by molar-refractivity contribution is 9.10. The Kier molecular flexibility index (Phi) is 5.29. The Morgan fingerprint density at radius 2 is 1.85 bits per heavy atom. The van der Waals surface area contributed by atoms with Crippen LogP contribution in [-0.2, 0) is 0 Å². The molecule has 1 unspecified atom stereocenters. The Balaban J connectivity index is 1.85. The quantitative estimate of drug-likeness (QED) is 0.322. The molecular formula is C25H17Br2NO5. The molecular weight excluding hydrogens is 554 g/mol. The van der Waals surface area contributed by atoms with Gasteiger partial charge in [-0.15, -0.1) is 0 Å². The summed E-state index contributed by atoms with van der Waals surface area (Å²) < 4.78 is 12.4. The van der Waals surface area contributed by atoms with Crippen LogP contribution >= 0.6 is 31.9 Å². The molecule has 166 valence electrons. The number of rotatable bonds is 3. The van der Waals surface area contributed by atoms with Gasteiger partial charge in [-0.1, -0.05) is 28.1 Å². The molecule has 0 radical (unpaired) electrons. The van der Waals surface area contributed by atoms with Crippen LogP contribution in [0.1, 0.15) is 33.3 Å². The molecule has 33 heavy (non-hydrogen) atoms. The van der Waals surface area contributed by atoms with E-state index in [1.165, 1.54) is 7.11 Å². The van der Waals surface area contributed by atoms with E-state index in [0.717, 1.165) is 10.0 Å². The van der Waals surface area contributed by atoms with E-state index in [-0.39, 0.29) is 28.3 Å². The van der Waals surface area contributed by atoms with Gasteiger partial charge in [0.15, 0.2) is 16.9 Å². The van der Waals surface area contributed by atoms with Gasteiger partial charge in [0, 0.05) is 10.2 Å². The molecule has 1 atom stereocenters. The fourth-order valence-corrected chi connectivity index (χ4v) is 5.03. The smallest absolute Gasteiger partial charge is 0.295 e. The second-order valence-corrected chi connectivity index (χ2v) is 9.55. The topological polar surface area (TPSA) is 80.0 Å². The summed E-state index contributed by atoms with van der Waals surface area (Å²) in [7, 11) is 1.44. The summed E-state index contributed by atoms with van der Waals surface area (Å²) in [5.41, 5.74) is 2.48. The van der Waals surface area contributed by atoms with Gasteiger partial charge in [0.05, 0.1) is 28.6 Å². The molecule has 6 nitrogen and oxygen atoms in total. The van der Waals surface area contributed by atoms with E-state index in [9.17, 15) is 14.7 Å². The standard InChI is InChI=1S/C25H17Br2NO5/c1-12-4-3-5-15(8-12)28-21(13-9-17(27)23(30)19(10-13)32-2)20-22(29)16-11-14(26)6-7-18(16)33-24(20)25(28)31/h3-11,21,30H,1-2H3. The molecule has 0 aliphatic carbocycles. The number of ether oxygens (including phenoxy) is 1. The fourth-order valence-electron chi connectivity index (χ4n) is 4.21. The predicted molar refractivity (Wildman–Crippen MR) is 132 cm³/mol. The summed E-state index contributed by atoms with van der Waals surface area (Å²) in [5, 5.41) is 10.7. The second-order valence-electron chi connectivity index (χ2n) is 7.78. The highest BCUT2D eigenvalue weighted by Gasteiger charge is 2.44. The first-order valence-electron chi connectivity index (χ1n) is 10.0. The van der Waals surface area contributed by atoms with Gasteiger partial charge in [-0.05, 0) is 76.4 Å². The molecule has 0 spiro atoms. The van der Waals surface area contributed by atoms with Crippen molar-refractivity contribution in [3.63, 3.8) is 0 Å². The molecule has 8 heteroatoms. The second kappa shape index (κ2) is 8.04. The fraction of sp³-hybridized carbons (Fsp3) is 0.120. The van der Waals surface area contributed by atoms with E-state index >= 15 is 0 Å². The van der Waals surface area contributed by atoms with Crippen molar-refractivity contribution < 1.29 is 19.1 Å². The number of methoxy groups -OCH3 is 1. The molecule has 1 amide bonds. The number of aromatic hydroxyl groups is 1. The Bertz CT molecular complexity index is 1510. The number of carbonyl (C=O) groups excluding carboxylic acids is 1. The molecule has 3 aromatic carbocycles. The maximum absolute atomic E-state index is 13.7. The lowest BCUT2D eigenvalue weighted by Crippen LogP contribution is -2.29. The van der Waals surface area contributed by atoms with Crippen LogP contribution in [0, 0.1) is 6.92 Å². The summed E-state index contributed by atoms with van der Waals surface area (Å²) in [6.07, 6.45) is 0. The molecule has 0 saturated carbocycles. The molecule has 0 saturated heterocycles. The molecule has 4 aromatic rings. The minimum atomic E-state index is -0.778. The number of benzene rings is 3. The number of phenols is 1. The van der Waals surface area contributed by atoms with Gasteiger partial charge in [-0.2, -0.15) is 0 Å². The number of amides is 1. The Labute approximate surface area is 205 Å². The van der Waals surface area contributed by atoms with Crippen molar-refractivity contribution in [2.75, 3.05) is 12.0 Å². The van der Waals surface area contributed by atoms with Crippen molar-refractivity contribution in [2.24, 2.45) is 0 Å². The van der Waals surface area contributed by atoms with Gasteiger partial charge in [0.2, 0.25) is 5.76 Å². The van der Waals surface area contributed by atoms with Gasteiger partial charge >= 0.3 is 0 Å². The van der Waals surface area contributed by atoms with Crippen molar-refractivity contribution in [2.45, 2.75) is 13.0 Å². The Morgan fingerprint density at radius 3 is 2.58 bits per heavy atom. The van der Waals surface area contributed by atoms with Crippen LogP contribution in [0.5, 0.6) is 11.5 Å². The van der Waals surface area contributed by atoms with Crippen LogP contribution in [0.15, 0.2) is 72.8 Å². The molecule has 1 aliphatic heterocycles. The number of halogens is 2. The summed E-state index contributed by atoms with van der Waals surface area (Å²) in [6.45, 7) is 1.93. The molecule has 1 aliphatic rings. The number of nitrogens with zero attached hydrogens (tertiary/aromatic N) is 1. The maximum atomic E-state index is 13.7. The molecule has 0 bridgehead atoms. The number of hydrogen-bond donors (Lipinski definition) is 1. The third-order valence-electron chi connectivity index (χ3n) is 5.70. The first-order valence-corrected chi connectivity index (χ1v) is 11.6. The van der Waals surface area contributed by atoms with Crippen LogP contribution < -0.4 is 15.1 Å². The molecule has 1 aromatic heterocycles. The Morgan fingerprint density at radius 1 is 1.06 bits per heavy atom. The van der Waals surface area contributed by atoms with Crippen molar-refractivity contribution in [1.29, 1.82) is 0 Å². The summed E-state index contributed by atoms with van der Waals surface area (Å²) in [6, 6.07) is 15.1. The highest BCUT2D eigenvalue weighted by atomic mass is 79.9. The number of hydrogen-bond acceptors (Lipinski definition) is 5. The van der Waals surface area contributed by atoms with Crippen LogP contribution in [0.2, 0.25) is 0 Å². The molecule has 5 rings (SSSR count). The van der Waals surface area contributed by atoms with Crippen LogP contribution in [0.3, 0.4) is 0 Å². The zero-order chi connectivity index (χ0) is 23.4. The monoisotopic (exact) mass is 569 g/mol. The van der Waals surface area contributed by atoms with Gasteiger partial charge in [0.1, 0.15) is 5.58 Å². The van der Waals surface area contributed by atoms with Crippen molar-refractivity contribution in [3.8, 4) is 11.5 Å². The molecule has 0 fully saturated rings. The van der Waals surface area contributed by atoms with Gasteiger partial charge in [0.25, 0.3) is 5.91 Å². The zero-order valence-electron chi connectivity index (χ0n) is 17.6. The van der Waals surface area contributed by atoms with Crippen LogP contribution in [0.4, 0.5) is 5.69 Å². The van der Waals surface area contributed by atoms with E-state index in [2.05, 4.69) is 31.9 Å². The summed E-state index contributed by atoms with van der Waals surface area (Å²) in [5.74, 6) is -0.255. The van der Waals surface area contributed by atoms with E-state index < -0.39 is 11.9 Å². The largest absolute Gasteiger partial charge is 0.503 e. The van der Waals surface area contributed by atoms with Crippen molar-refractivity contribution >= 4 is 54.4 Å². The lowest BCUT2D eigenvalue weighted by Gasteiger charge is -2.26. The number of phenolic OH excluding ortho intramolecular Hbond substituents is 1. The lowest BCUT2D eigenvalue weighted by molar-refractivity contribution is 0.0971. The lowest BCUT2D eigenvalue weighted by atomic mass is 9.97. The van der Waals surface area contributed by atoms with Gasteiger partial charge in [-0.3, -0.25) is 14.5 Å². The van der Waals surface area contributed by atoms with E-state index in [1.54, 1.807) is 35.2 Å². The third-order valence-corrected chi connectivity index (χ3v) is 6.80. The number of fused-ring (bicyclic) bond motifs is 2. The minimum Gasteiger partial charge on any atom is -0.503 e. The average molecular weight is 571 g/mol. The van der Waals surface area contributed by atoms with Crippen molar-refractivity contribution in [3.05, 3.63) is 96.2 Å². The van der Waals surface area contributed by atoms with Crippen molar-refractivity contribution in [1.82, 2.24) is 0 Å². The number of carbonyl (C=O) groups is 1. The van der Waals surface area contributed by atoms with E-state index in [4.69, 9.17) is 9.15 Å². The van der Waals surface area contributed by atoms with E-state index in [1.807, 2.05) is 31.2 Å². The number of anilines is 1. The molecule has 1 N–H and O–H groups in total. The highest BCUT2D eigenvalue weighted by Crippen LogP contribution is 2.45. The third kappa shape index (κ3) is 3.45. The molecule has 2 heterocycles. The summed E-state index contributed by atoms with van der Waals surface area (Å²) >= 11 is 6.76. The zero-order valence-corrected chi connectivity index (χ0v) is 20.7. The van der Waals surface area contributed by atoms with E-state index in [0.29, 0.717) is 26.7 Å². The van der Waals surface area contributed by atoms with Crippen LogP contribution in [0.25, 0.3) is 11.0 Å². The minimum absolute atomic E-state index is 0.00416. The maximum Gasteiger partial charge on any atom is 0.295 e. The first kappa shape index (κ1) is 21.7. The normalized spacial score (nSPS) is 15.2. The van der Waals surface area contributed by atoms with Gasteiger partial charge < -0.3 is 14.3 Å². The first-order chi connectivity index (χ1) is 15.8. The van der Waals surface area contributed by atoms with Crippen LogP contribution in [-0.4, -0.2) is 18.1 Å². The summed E-state index contributed by atoms with van der Waals surface area (Å²) in [4.78, 5) is 28.9.